The number of amides is 1. The van der Waals surface area contributed by atoms with Gasteiger partial charge >= 0.3 is 0 Å². The number of rotatable bonds is 9. The van der Waals surface area contributed by atoms with Gasteiger partial charge in [0.15, 0.2) is 11.5 Å². The van der Waals surface area contributed by atoms with E-state index in [1.807, 2.05) is 19.1 Å². The number of likely N-dealkylation sites (tertiary alicyclic amines) is 1. The predicted octanol–water partition coefficient (Wildman–Crippen LogP) is 3.16. The van der Waals surface area contributed by atoms with E-state index < -0.39 is 17.7 Å². The van der Waals surface area contributed by atoms with Gasteiger partial charge in [-0.05, 0) is 31.0 Å². The first-order valence-corrected chi connectivity index (χ1v) is 12.3. The first kappa shape index (κ1) is 26.5. The zero-order valence-corrected chi connectivity index (χ0v) is 21.8. The number of carbonyl (C=O) groups excluding carboxylic acids is 2. The van der Waals surface area contributed by atoms with Gasteiger partial charge in [0.1, 0.15) is 5.76 Å². The van der Waals surface area contributed by atoms with Crippen molar-refractivity contribution < 1.29 is 33.6 Å². The van der Waals surface area contributed by atoms with E-state index in [0.717, 1.165) is 25.2 Å². The molecular weight excluding hydrogens is 476 g/mol. The number of hydrogen-bond donors (Lipinski definition) is 1. The average molecular weight is 511 g/mol. The molecule has 1 amide bonds. The lowest BCUT2D eigenvalue weighted by Gasteiger charge is -2.29. The number of nitrogens with zero attached hydrogens (tertiary/aromatic N) is 2. The summed E-state index contributed by atoms with van der Waals surface area (Å²) in [7, 11) is 4.52. The lowest BCUT2D eigenvalue weighted by Crippen LogP contribution is -2.39. The molecule has 2 aliphatic heterocycles. The van der Waals surface area contributed by atoms with Crippen molar-refractivity contribution in [2.45, 2.75) is 19.4 Å². The lowest BCUT2D eigenvalue weighted by atomic mass is 9.94. The molecule has 0 spiro atoms. The molecule has 0 saturated carbocycles. The quantitative estimate of drug-likeness (QED) is 0.312. The van der Waals surface area contributed by atoms with Crippen molar-refractivity contribution in [3.8, 4) is 17.2 Å². The molecule has 0 aliphatic carbocycles. The summed E-state index contributed by atoms with van der Waals surface area (Å²) in [5.74, 6) is -0.390. The van der Waals surface area contributed by atoms with Crippen molar-refractivity contribution in [1.29, 1.82) is 0 Å². The second kappa shape index (κ2) is 11.7. The molecule has 2 aliphatic rings. The summed E-state index contributed by atoms with van der Waals surface area (Å²) in [5, 5.41) is 11.3. The minimum absolute atomic E-state index is 0.0366. The normalized spacial score (nSPS) is 19.8. The Hall–Kier alpha value is -3.56. The summed E-state index contributed by atoms with van der Waals surface area (Å²) in [6, 6.07) is 9.79. The van der Waals surface area contributed by atoms with Crippen LogP contribution in [0.25, 0.3) is 5.76 Å². The van der Waals surface area contributed by atoms with Crippen molar-refractivity contribution >= 4 is 17.4 Å². The zero-order valence-electron chi connectivity index (χ0n) is 21.8. The number of aryl methyl sites for hydroxylation is 1. The largest absolute Gasteiger partial charge is 0.507 e. The molecule has 0 bridgehead atoms. The maximum absolute atomic E-state index is 13.4. The second-order valence-corrected chi connectivity index (χ2v) is 9.12. The number of benzene rings is 2. The Morgan fingerprint density at radius 3 is 2.16 bits per heavy atom. The summed E-state index contributed by atoms with van der Waals surface area (Å²) >= 11 is 0. The monoisotopic (exact) mass is 510 g/mol. The number of hydrogen-bond acceptors (Lipinski definition) is 8. The van der Waals surface area contributed by atoms with Crippen molar-refractivity contribution in [2.75, 3.05) is 60.7 Å². The first-order valence-electron chi connectivity index (χ1n) is 12.3. The molecule has 4 rings (SSSR count). The van der Waals surface area contributed by atoms with E-state index in [2.05, 4.69) is 4.90 Å². The van der Waals surface area contributed by atoms with Crippen LogP contribution in [0, 0.1) is 6.92 Å². The lowest BCUT2D eigenvalue weighted by molar-refractivity contribution is -0.140. The third-order valence-electron chi connectivity index (χ3n) is 6.84. The fourth-order valence-electron chi connectivity index (χ4n) is 4.87. The van der Waals surface area contributed by atoms with Gasteiger partial charge in [0.05, 0.1) is 46.2 Å². The Balaban J connectivity index is 1.77. The highest BCUT2D eigenvalue weighted by molar-refractivity contribution is 6.46. The number of carbonyl (C=O) groups is 2. The Kier molecular flexibility index (Phi) is 8.35. The van der Waals surface area contributed by atoms with Crippen LogP contribution in [0.15, 0.2) is 42.0 Å². The number of ether oxygens (including phenoxy) is 4. The highest BCUT2D eigenvalue weighted by Gasteiger charge is 2.46. The van der Waals surface area contributed by atoms with Gasteiger partial charge in [-0.25, -0.2) is 0 Å². The number of Topliss-reactive ketones (excluding diaryl/α,β-unsaturated/α-hetero) is 1. The minimum Gasteiger partial charge on any atom is -0.507 e. The third kappa shape index (κ3) is 5.42. The van der Waals surface area contributed by atoms with Crippen molar-refractivity contribution in [1.82, 2.24) is 9.80 Å². The fourth-order valence-corrected chi connectivity index (χ4v) is 4.87. The molecule has 2 saturated heterocycles. The maximum Gasteiger partial charge on any atom is 0.295 e. The molecule has 2 fully saturated rings. The Morgan fingerprint density at radius 2 is 1.59 bits per heavy atom. The molecule has 1 unspecified atom stereocenters. The maximum atomic E-state index is 13.4. The number of aliphatic hydroxyl groups is 1. The van der Waals surface area contributed by atoms with Crippen LogP contribution in [0.5, 0.6) is 17.2 Å². The summed E-state index contributed by atoms with van der Waals surface area (Å²) < 4.78 is 21.9. The smallest absolute Gasteiger partial charge is 0.295 e. The van der Waals surface area contributed by atoms with E-state index in [1.165, 1.54) is 26.2 Å². The van der Waals surface area contributed by atoms with Crippen LogP contribution in [-0.2, 0) is 14.3 Å². The van der Waals surface area contributed by atoms with Crippen LogP contribution in [0.1, 0.15) is 29.2 Å². The van der Waals surface area contributed by atoms with E-state index in [4.69, 9.17) is 18.9 Å². The molecule has 1 N–H and O–H groups in total. The molecule has 198 valence electrons. The third-order valence-corrected chi connectivity index (χ3v) is 6.84. The molecule has 0 aromatic heterocycles. The van der Waals surface area contributed by atoms with Crippen LogP contribution < -0.4 is 14.2 Å². The van der Waals surface area contributed by atoms with Crippen LogP contribution in [0.3, 0.4) is 0 Å². The highest BCUT2D eigenvalue weighted by Crippen LogP contribution is 2.45. The Bertz CT molecular complexity index is 1140. The van der Waals surface area contributed by atoms with Crippen molar-refractivity contribution in [3.63, 3.8) is 0 Å². The molecule has 9 nitrogen and oxygen atoms in total. The predicted molar refractivity (Wildman–Crippen MR) is 138 cm³/mol. The standard InChI is InChI=1S/C28H34N2O7/c1-18-6-8-19(9-7-18)25(31)23-24(20-16-21(34-2)27(36-4)22(17-20)35-3)30(28(33)26(23)32)11-5-10-29-12-14-37-15-13-29/h6-9,16-17,24,31H,5,10-15H2,1-4H3/b25-23+. The minimum atomic E-state index is -0.820. The van der Waals surface area contributed by atoms with Gasteiger partial charge in [-0.15, -0.1) is 0 Å². The fraction of sp³-hybridized carbons (Fsp3) is 0.429. The zero-order chi connectivity index (χ0) is 26.5. The number of methoxy groups -OCH3 is 3. The van der Waals surface area contributed by atoms with Crippen LogP contribution in [0.2, 0.25) is 0 Å². The second-order valence-electron chi connectivity index (χ2n) is 9.12. The van der Waals surface area contributed by atoms with Crippen LogP contribution in [-0.4, -0.2) is 87.3 Å². The van der Waals surface area contributed by atoms with Crippen LogP contribution in [0.4, 0.5) is 0 Å². The van der Waals surface area contributed by atoms with Gasteiger partial charge in [0, 0.05) is 31.7 Å². The molecule has 37 heavy (non-hydrogen) atoms. The average Bonchev–Trinajstić information content (AvgIpc) is 3.17. The van der Waals surface area contributed by atoms with E-state index in [0.29, 0.717) is 54.6 Å². The van der Waals surface area contributed by atoms with Gasteiger partial charge in [0.2, 0.25) is 5.75 Å². The van der Waals surface area contributed by atoms with Crippen molar-refractivity contribution in [3.05, 3.63) is 58.7 Å². The summed E-state index contributed by atoms with van der Waals surface area (Å²) in [5.41, 5.74) is 2.10. The highest BCUT2D eigenvalue weighted by atomic mass is 16.5. The van der Waals surface area contributed by atoms with Crippen molar-refractivity contribution in [2.24, 2.45) is 0 Å². The molecule has 9 heteroatoms. The van der Waals surface area contributed by atoms with E-state index in [-0.39, 0.29) is 11.3 Å². The SMILES string of the molecule is COc1cc(C2/C(=C(\O)c3ccc(C)cc3)C(=O)C(=O)N2CCCN2CCOCC2)cc(OC)c1OC. The number of morpholine rings is 1. The number of ketones is 1. The van der Waals surface area contributed by atoms with Gasteiger partial charge in [0.25, 0.3) is 11.7 Å². The molecule has 0 radical (unpaired) electrons. The Labute approximate surface area is 217 Å². The van der Waals surface area contributed by atoms with E-state index >= 15 is 0 Å². The van der Waals surface area contributed by atoms with Crippen LogP contribution >= 0.6 is 0 Å². The van der Waals surface area contributed by atoms with E-state index in [1.54, 1.807) is 24.3 Å². The van der Waals surface area contributed by atoms with Gasteiger partial charge in [-0.1, -0.05) is 29.8 Å². The first-order chi connectivity index (χ1) is 17.9. The molecule has 2 aromatic carbocycles. The molecule has 2 aromatic rings. The molecular formula is C28H34N2O7. The van der Waals surface area contributed by atoms with Gasteiger partial charge in [-0.2, -0.15) is 0 Å². The summed E-state index contributed by atoms with van der Waals surface area (Å²) in [6.45, 7) is 6.09. The topological polar surface area (TPSA) is 97.8 Å². The molecule has 1 atom stereocenters. The number of aliphatic hydroxyl groups excluding tert-OH is 1. The Morgan fingerprint density at radius 1 is 0.973 bits per heavy atom. The van der Waals surface area contributed by atoms with Gasteiger partial charge in [-0.3, -0.25) is 14.5 Å². The van der Waals surface area contributed by atoms with Gasteiger partial charge < -0.3 is 29.0 Å². The van der Waals surface area contributed by atoms with E-state index in [9.17, 15) is 14.7 Å². The summed E-state index contributed by atoms with van der Waals surface area (Å²) in [4.78, 5) is 30.5. The molecule has 2 heterocycles. The summed E-state index contributed by atoms with van der Waals surface area (Å²) in [6.07, 6.45) is 0.665.